The number of benzene rings is 2. The first-order valence-electron chi connectivity index (χ1n) is 8.53. The van der Waals surface area contributed by atoms with Crippen LogP contribution in [0.2, 0.25) is 0 Å². The van der Waals surface area contributed by atoms with Crippen LogP contribution in [-0.4, -0.2) is 24.5 Å². The molecule has 4 nitrogen and oxygen atoms in total. The molecule has 1 amide bonds. The number of para-hydroxylation sites is 1. The predicted octanol–water partition coefficient (Wildman–Crippen LogP) is 2.50. The van der Waals surface area contributed by atoms with Gasteiger partial charge in [-0.15, -0.1) is 11.3 Å². The number of fused-ring (bicyclic) bond motifs is 1. The van der Waals surface area contributed by atoms with Gasteiger partial charge in [0.05, 0.1) is 17.3 Å². The molecular formula is C20H24N3OS+. The van der Waals surface area contributed by atoms with Crippen LogP contribution in [0.5, 0.6) is 0 Å². The van der Waals surface area contributed by atoms with Crippen molar-refractivity contribution in [3.8, 4) is 0 Å². The van der Waals surface area contributed by atoms with Gasteiger partial charge in [0, 0.05) is 6.54 Å². The number of amides is 1. The van der Waals surface area contributed by atoms with Crippen LogP contribution in [0.4, 0.5) is 0 Å². The fourth-order valence-corrected chi connectivity index (χ4v) is 3.87. The van der Waals surface area contributed by atoms with E-state index >= 15 is 0 Å². The summed E-state index contributed by atoms with van der Waals surface area (Å²) in [6.07, 6.45) is 0. The first-order valence-corrected chi connectivity index (χ1v) is 9.35. The predicted molar refractivity (Wildman–Crippen MR) is 103 cm³/mol. The van der Waals surface area contributed by atoms with Gasteiger partial charge >= 0.3 is 0 Å². The minimum atomic E-state index is 0.0636. The van der Waals surface area contributed by atoms with Crippen LogP contribution in [-0.2, 0) is 11.3 Å². The molecule has 1 unspecified atom stereocenters. The van der Waals surface area contributed by atoms with E-state index in [2.05, 4.69) is 37.4 Å². The van der Waals surface area contributed by atoms with Crippen LogP contribution in [0.1, 0.15) is 29.1 Å². The van der Waals surface area contributed by atoms with Crippen LogP contribution in [0.25, 0.3) is 10.2 Å². The summed E-state index contributed by atoms with van der Waals surface area (Å²) in [5.74, 6) is 0.0636. The summed E-state index contributed by atoms with van der Waals surface area (Å²) in [5, 5.41) is 4.10. The van der Waals surface area contributed by atoms with Gasteiger partial charge in [-0.25, -0.2) is 4.98 Å². The summed E-state index contributed by atoms with van der Waals surface area (Å²) in [5.41, 5.74) is 3.39. The molecule has 0 saturated carbocycles. The third kappa shape index (κ3) is 4.24. The highest BCUT2D eigenvalue weighted by Crippen LogP contribution is 2.24. The van der Waals surface area contributed by atoms with Gasteiger partial charge in [-0.1, -0.05) is 36.4 Å². The van der Waals surface area contributed by atoms with E-state index in [0.29, 0.717) is 13.1 Å². The van der Waals surface area contributed by atoms with E-state index in [1.165, 1.54) is 10.3 Å². The average Bonchev–Trinajstić information content (AvgIpc) is 3.04. The number of nitrogens with zero attached hydrogens (tertiary/aromatic N) is 1. The van der Waals surface area contributed by atoms with Gasteiger partial charge in [-0.05, 0) is 37.1 Å². The standard InChI is InChI=1S/C20H23N3OS/c1-14-8-4-5-9-16(14)12-21-19(24)13-23(3)15(2)20-22-17-10-6-7-11-18(17)25-20/h4-11,15H,12-13H2,1-3H3,(H,21,24)/p+1/t15-/m1/s1. The van der Waals surface area contributed by atoms with Crippen molar-refractivity contribution in [3.05, 3.63) is 64.7 Å². The zero-order valence-corrected chi connectivity index (χ0v) is 15.7. The number of carbonyl (C=O) groups is 1. The fraction of sp³-hybridized carbons (Fsp3) is 0.300. The monoisotopic (exact) mass is 354 g/mol. The highest BCUT2D eigenvalue weighted by atomic mass is 32.1. The maximum absolute atomic E-state index is 12.3. The number of likely N-dealkylation sites (N-methyl/N-ethyl adjacent to an activating group) is 1. The summed E-state index contributed by atoms with van der Waals surface area (Å²) in [6, 6.07) is 16.5. The Balaban J connectivity index is 1.58. The molecule has 0 aliphatic carbocycles. The van der Waals surface area contributed by atoms with Gasteiger partial charge in [0.1, 0.15) is 6.04 Å². The van der Waals surface area contributed by atoms with E-state index in [-0.39, 0.29) is 11.9 Å². The molecule has 130 valence electrons. The largest absolute Gasteiger partial charge is 0.347 e. The second-order valence-electron chi connectivity index (χ2n) is 6.47. The lowest BCUT2D eigenvalue weighted by molar-refractivity contribution is -0.902. The van der Waals surface area contributed by atoms with Crippen molar-refractivity contribution in [2.45, 2.75) is 26.4 Å². The lowest BCUT2D eigenvalue weighted by Gasteiger charge is -2.19. The third-order valence-electron chi connectivity index (χ3n) is 4.60. The van der Waals surface area contributed by atoms with Crippen molar-refractivity contribution in [2.24, 2.45) is 0 Å². The number of carbonyl (C=O) groups excluding carboxylic acids is 1. The molecule has 3 aromatic rings. The lowest BCUT2D eigenvalue weighted by atomic mass is 10.1. The minimum absolute atomic E-state index is 0.0636. The summed E-state index contributed by atoms with van der Waals surface area (Å²) in [6.45, 7) is 5.20. The van der Waals surface area contributed by atoms with E-state index in [9.17, 15) is 4.79 Å². The summed E-state index contributed by atoms with van der Waals surface area (Å²) in [7, 11) is 2.05. The molecule has 2 aromatic carbocycles. The Morgan fingerprint density at radius 1 is 1.20 bits per heavy atom. The van der Waals surface area contributed by atoms with Crippen LogP contribution in [0, 0.1) is 6.92 Å². The highest BCUT2D eigenvalue weighted by molar-refractivity contribution is 7.18. The van der Waals surface area contributed by atoms with Crippen molar-refractivity contribution in [1.29, 1.82) is 0 Å². The van der Waals surface area contributed by atoms with Crippen LogP contribution in [0.3, 0.4) is 0 Å². The smallest absolute Gasteiger partial charge is 0.275 e. The Bertz CT molecular complexity index is 841. The zero-order chi connectivity index (χ0) is 17.8. The Labute approximate surface area is 152 Å². The number of hydrogen-bond donors (Lipinski definition) is 2. The number of rotatable bonds is 6. The molecule has 0 spiro atoms. The molecular weight excluding hydrogens is 330 g/mol. The second-order valence-corrected chi connectivity index (χ2v) is 7.53. The topological polar surface area (TPSA) is 46.4 Å². The van der Waals surface area contributed by atoms with E-state index in [1.54, 1.807) is 11.3 Å². The van der Waals surface area contributed by atoms with Gasteiger partial charge in [0.25, 0.3) is 5.91 Å². The number of nitrogens with one attached hydrogen (secondary N) is 2. The quantitative estimate of drug-likeness (QED) is 0.714. The SMILES string of the molecule is Cc1ccccc1CNC(=O)C[NH+](C)[C@H](C)c1nc2ccccc2s1. The zero-order valence-electron chi connectivity index (χ0n) is 14.9. The lowest BCUT2D eigenvalue weighted by Crippen LogP contribution is -3.10. The van der Waals surface area contributed by atoms with Gasteiger partial charge in [0.2, 0.25) is 0 Å². The molecule has 1 heterocycles. The van der Waals surface area contributed by atoms with E-state index in [1.807, 2.05) is 37.4 Å². The fourth-order valence-electron chi connectivity index (χ4n) is 2.76. The molecule has 5 heteroatoms. The van der Waals surface area contributed by atoms with Crippen LogP contribution >= 0.6 is 11.3 Å². The Morgan fingerprint density at radius 2 is 1.92 bits per heavy atom. The molecule has 25 heavy (non-hydrogen) atoms. The molecule has 2 N–H and O–H groups in total. The Kier molecular flexibility index (Phi) is 5.46. The van der Waals surface area contributed by atoms with Gasteiger partial charge in [-0.3, -0.25) is 4.79 Å². The number of thiazole rings is 1. The van der Waals surface area contributed by atoms with Crippen molar-refractivity contribution in [1.82, 2.24) is 10.3 Å². The molecule has 0 aliphatic heterocycles. The van der Waals surface area contributed by atoms with Crippen molar-refractivity contribution < 1.29 is 9.69 Å². The molecule has 0 bridgehead atoms. The van der Waals surface area contributed by atoms with Crippen molar-refractivity contribution in [2.75, 3.05) is 13.6 Å². The molecule has 0 radical (unpaired) electrons. The molecule has 0 aliphatic rings. The third-order valence-corrected chi connectivity index (χ3v) is 5.82. The summed E-state index contributed by atoms with van der Waals surface area (Å²) in [4.78, 5) is 18.1. The van der Waals surface area contributed by atoms with Crippen LogP contribution in [0.15, 0.2) is 48.5 Å². The average molecular weight is 354 g/mol. The van der Waals surface area contributed by atoms with E-state index < -0.39 is 0 Å². The number of quaternary nitrogens is 1. The maximum Gasteiger partial charge on any atom is 0.275 e. The maximum atomic E-state index is 12.3. The Hall–Kier alpha value is -2.24. The first-order chi connectivity index (χ1) is 12.0. The van der Waals surface area contributed by atoms with Crippen LogP contribution < -0.4 is 10.2 Å². The molecule has 0 fully saturated rings. The van der Waals surface area contributed by atoms with Crippen molar-refractivity contribution >= 4 is 27.5 Å². The van der Waals surface area contributed by atoms with E-state index in [4.69, 9.17) is 4.98 Å². The molecule has 3 rings (SSSR count). The number of aryl methyl sites for hydroxylation is 1. The number of hydrogen-bond acceptors (Lipinski definition) is 3. The van der Waals surface area contributed by atoms with E-state index in [0.717, 1.165) is 21.0 Å². The highest BCUT2D eigenvalue weighted by Gasteiger charge is 2.21. The Morgan fingerprint density at radius 3 is 2.68 bits per heavy atom. The van der Waals surface area contributed by atoms with Gasteiger partial charge in [0.15, 0.2) is 11.6 Å². The summed E-state index contributed by atoms with van der Waals surface area (Å²) >= 11 is 1.71. The van der Waals surface area contributed by atoms with Gasteiger partial charge < -0.3 is 10.2 Å². The molecule has 1 aromatic heterocycles. The molecule has 0 saturated heterocycles. The number of aromatic nitrogens is 1. The summed E-state index contributed by atoms with van der Waals surface area (Å²) < 4.78 is 1.20. The van der Waals surface area contributed by atoms with Gasteiger partial charge in [-0.2, -0.15) is 0 Å². The second kappa shape index (κ2) is 7.76. The van der Waals surface area contributed by atoms with Crippen molar-refractivity contribution in [3.63, 3.8) is 0 Å². The minimum Gasteiger partial charge on any atom is -0.347 e. The normalized spacial score (nSPS) is 13.6. The first kappa shape index (κ1) is 17.6. The molecule has 2 atom stereocenters.